The van der Waals surface area contributed by atoms with Crippen LogP contribution in [-0.2, 0) is 9.59 Å². The van der Waals surface area contributed by atoms with E-state index in [0.717, 1.165) is 5.52 Å². The Hall–Kier alpha value is -2.60. The molecule has 5 nitrogen and oxygen atoms in total. The second-order valence-electron chi connectivity index (χ2n) is 8.27. The molecule has 0 saturated heterocycles. The van der Waals surface area contributed by atoms with Crippen LogP contribution < -0.4 is 10.6 Å². The number of nitrogens with one attached hydrogen (secondary N) is 3. The Balaban J connectivity index is 1.57. The van der Waals surface area contributed by atoms with Crippen molar-refractivity contribution in [1.29, 1.82) is 0 Å². The van der Waals surface area contributed by atoms with Crippen molar-refractivity contribution in [3.05, 3.63) is 58.4 Å². The van der Waals surface area contributed by atoms with Crippen LogP contribution >= 0.6 is 11.3 Å². The fraction of sp³-hybridized carbons (Fsp3) is 0.391. The molecular weight excluding hydrogens is 382 g/mol. The van der Waals surface area contributed by atoms with E-state index in [1.807, 2.05) is 45.2 Å². The molecule has 3 N–H and O–H groups in total. The van der Waals surface area contributed by atoms with E-state index >= 15 is 0 Å². The first-order chi connectivity index (χ1) is 13.9. The summed E-state index contributed by atoms with van der Waals surface area (Å²) in [5.41, 5.74) is 1.89. The van der Waals surface area contributed by atoms with Gasteiger partial charge in [-0.1, -0.05) is 45.0 Å². The zero-order valence-electron chi connectivity index (χ0n) is 17.2. The first kappa shape index (κ1) is 21.1. The number of rotatable bonds is 8. The molecule has 2 aromatic heterocycles. The van der Waals surface area contributed by atoms with Crippen LogP contribution in [0.2, 0.25) is 0 Å². The lowest BCUT2D eigenvalue weighted by Crippen LogP contribution is -2.36. The molecule has 154 valence electrons. The van der Waals surface area contributed by atoms with Gasteiger partial charge in [-0.15, -0.1) is 11.3 Å². The fourth-order valence-electron chi connectivity index (χ4n) is 3.26. The number of aromatic amines is 1. The van der Waals surface area contributed by atoms with Crippen molar-refractivity contribution in [3.63, 3.8) is 0 Å². The molecule has 0 bridgehead atoms. The summed E-state index contributed by atoms with van der Waals surface area (Å²) in [5.74, 6) is 0.127. The largest absolute Gasteiger partial charge is 0.361 e. The van der Waals surface area contributed by atoms with Gasteiger partial charge in [0, 0.05) is 52.8 Å². The summed E-state index contributed by atoms with van der Waals surface area (Å²) < 4.78 is 0. The number of benzene rings is 1. The molecule has 0 aliphatic carbocycles. The number of carbonyl (C=O) groups excluding carboxylic acids is 2. The van der Waals surface area contributed by atoms with Crippen molar-refractivity contribution in [3.8, 4) is 0 Å². The number of hydrogen-bond donors (Lipinski definition) is 3. The van der Waals surface area contributed by atoms with Crippen molar-refractivity contribution in [2.24, 2.45) is 5.41 Å². The first-order valence-corrected chi connectivity index (χ1v) is 10.9. The molecule has 0 aliphatic heterocycles. The number of fused-ring (bicyclic) bond motifs is 1. The van der Waals surface area contributed by atoms with Gasteiger partial charge in [-0.25, -0.2) is 0 Å². The maximum Gasteiger partial charge on any atom is 0.225 e. The zero-order chi connectivity index (χ0) is 20.9. The molecule has 0 radical (unpaired) electrons. The highest BCUT2D eigenvalue weighted by molar-refractivity contribution is 7.10. The third-order valence-corrected chi connectivity index (χ3v) is 5.92. The van der Waals surface area contributed by atoms with Crippen molar-refractivity contribution in [2.75, 3.05) is 13.1 Å². The minimum Gasteiger partial charge on any atom is -0.361 e. The van der Waals surface area contributed by atoms with Crippen LogP contribution in [0.3, 0.4) is 0 Å². The standard InChI is InChI=1S/C23H29N3O2S/c1-23(2,3)22(28)24-12-6-11-21(27)26-15-18(20-10-7-13-29-20)17-14-25-19-9-5-4-8-16(17)19/h4-5,7-10,13-14,18,25H,6,11-12,15H2,1-3H3,(H,24,28)(H,26,27). The second-order valence-corrected chi connectivity index (χ2v) is 9.25. The maximum atomic E-state index is 12.4. The van der Waals surface area contributed by atoms with Gasteiger partial charge in [0.15, 0.2) is 0 Å². The first-order valence-electron chi connectivity index (χ1n) is 10.0. The lowest BCUT2D eigenvalue weighted by Gasteiger charge is -2.18. The van der Waals surface area contributed by atoms with E-state index in [9.17, 15) is 9.59 Å². The van der Waals surface area contributed by atoms with Crippen LogP contribution in [0.15, 0.2) is 48.0 Å². The van der Waals surface area contributed by atoms with Gasteiger partial charge in [0.25, 0.3) is 0 Å². The van der Waals surface area contributed by atoms with Crippen LogP contribution in [0.5, 0.6) is 0 Å². The topological polar surface area (TPSA) is 74.0 Å². The molecule has 0 spiro atoms. The number of thiophene rings is 1. The average molecular weight is 412 g/mol. The number of aromatic nitrogens is 1. The number of hydrogen-bond acceptors (Lipinski definition) is 3. The quantitative estimate of drug-likeness (QED) is 0.480. The Labute approximate surface area is 175 Å². The van der Waals surface area contributed by atoms with Gasteiger partial charge in [0.05, 0.1) is 0 Å². The van der Waals surface area contributed by atoms with Gasteiger partial charge < -0.3 is 15.6 Å². The van der Waals surface area contributed by atoms with E-state index < -0.39 is 5.41 Å². The molecular formula is C23H29N3O2S. The average Bonchev–Trinajstić information content (AvgIpc) is 3.35. The molecule has 3 rings (SSSR count). The molecule has 29 heavy (non-hydrogen) atoms. The van der Waals surface area contributed by atoms with Crippen LogP contribution in [0, 0.1) is 5.41 Å². The minimum absolute atomic E-state index is 0.00926. The van der Waals surface area contributed by atoms with Gasteiger partial charge >= 0.3 is 0 Å². The highest BCUT2D eigenvalue weighted by Gasteiger charge is 2.21. The minimum atomic E-state index is -0.407. The molecule has 3 aromatic rings. The van der Waals surface area contributed by atoms with Crippen LogP contribution in [-0.4, -0.2) is 29.9 Å². The van der Waals surface area contributed by atoms with Crippen LogP contribution in [0.25, 0.3) is 10.9 Å². The van der Waals surface area contributed by atoms with Crippen molar-refractivity contribution in [1.82, 2.24) is 15.6 Å². The van der Waals surface area contributed by atoms with E-state index in [2.05, 4.69) is 39.2 Å². The van der Waals surface area contributed by atoms with Crippen molar-refractivity contribution >= 4 is 34.1 Å². The van der Waals surface area contributed by atoms with E-state index in [4.69, 9.17) is 0 Å². The smallest absolute Gasteiger partial charge is 0.225 e. The molecule has 0 aliphatic rings. The predicted molar refractivity (Wildman–Crippen MR) is 119 cm³/mol. The van der Waals surface area contributed by atoms with Crippen molar-refractivity contribution in [2.45, 2.75) is 39.5 Å². The summed E-state index contributed by atoms with van der Waals surface area (Å²) in [7, 11) is 0. The number of carbonyl (C=O) groups is 2. The Morgan fingerprint density at radius 3 is 2.62 bits per heavy atom. The van der Waals surface area contributed by atoms with Gasteiger partial charge in [0.1, 0.15) is 0 Å². The molecule has 2 heterocycles. The molecule has 1 unspecified atom stereocenters. The molecule has 0 fully saturated rings. The Morgan fingerprint density at radius 1 is 1.10 bits per heavy atom. The lowest BCUT2D eigenvalue weighted by molar-refractivity contribution is -0.128. The maximum absolute atomic E-state index is 12.4. The molecule has 0 saturated carbocycles. The normalized spacial score (nSPS) is 12.7. The summed E-state index contributed by atoms with van der Waals surface area (Å²) >= 11 is 1.70. The zero-order valence-corrected chi connectivity index (χ0v) is 18.1. The highest BCUT2D eigenvalue weighted by atomic mass is 32.1. The van der Waals surface area contributed by atoms with E-state index in [1.54, 1.807) is 11.3 Å². The fourth-order valence-corrected chi connectivity index (χ4v) is 4.10. The molecule has 6 heteroatoms. The van der Waals surface area contributed by atoms with E-state index in [1.165, 1.54) is 15.8 Å². The summed E-state index contributed by atoms with van der Waals surface area (Å²) in [5, 5.41) is 9.22. The highest BCUT2D eigenvalue weighted by Crippen LogP contribution is 2.32. The second kappa shape index (κ2) is 9.27. The number of H-pyrrole nitrogens is 1. The van der Waals surface area contributed by atoms with Crippen LogP contribution in [0.4, 0.5) is 0 Å². The summed E-state index contributed by atoms with van der Waals surface area (Å²) in [6.07, 6.45) is 3.07. The molecule has 1 aromatic carbocycles. The summed E-state index contributed by atoms with van der Waals surface area (Å²) in [6, 6.07) is 12.4. The van der Waals surface area contributed by atoms with Crippen molar-refractivity contribution < 1.29 is 9.59 Å². The van der Waals surface area contributed by atoms with Gasteiger partial charge in [-0.2, -0.15) is 0 Å². The van der Waals surface area contributed by atoms with E-state index in [0.29, 0.717) is 25.9 Å². The number of para-hydroxylation sites is 1. The van der Waals surface area contributed by atoms with Gasteiger partial charge in [0.2, 0.25) is 11.8 Å². The summed E-state index contributed by atoms with van der Waals surface area (Å²) in [6.45, 7) is 6.70. The molecule has 1 atom stereocenters. The third kappa shape index (κ3) is 5.48. The Kier molecular flexibility index (Phi) is 6.75. The van der Waals surface area contributed by atoms with Gasteiger partial charge in [-0.05, 0) is 29.5 Å². The monoisotopic (exact) mass is 411 g/mol. The molecule has 2 amide bonds. The third-order valence-electron chi connectivity index (χ3n) is 4.93. The van der Waals surface area contributed by atoms with E-state index in [-0.39, 0.29) is 17.7 Å². The SMILES string of the molecule is CC(C)(C)C(=O)NCCCC(=O)NCC(c1cccs1)c1c[nH]c2ccccc12. The Morgan fingerprint density at radius 2 is 1.90 bits per heavy atom. The Bertz CT molecular complexity index is 954. The summed E-state index contributed by atoms with van der Waals surface area (Å²) in [4.78, 5) is 28.8. The predicted octanol–water partition coefficient (Wildman–Crippen LogP) is 4.42. The number of amides is 2. The van der Waals surface area contributed by atoms with Crippen LogP contribution in [0.1, 0.15) is 50.0 Å². The lowest BCUT2D eigenvalue weighted by atomic mass is 9.96. The van der Waals surface area contributed by atoms with Gasteiger partial charge in [-0.3, -0.25) is 9.59 Å².